The lowest BCUT2D eigenvalue weighted by Gasteiger charge is -2.17. The number of rotatable bonds is 7. The Balaban J connectivity index is 4.20. The molecule has 0 saturated heterocycles. The highest BCUT2D eigenvalue weighted by Crippen LogP contribution is 1.99. The van der Waals surface area contributed by atoms with Crippen LogP contribution in [0, 0.1) is 5.41 Å². The Kier molecular flexibility index (Phi) is 7.45. The van der Waals surface area contributed by atoms with Crippen molar-refractivity contribution in [3.05, 3.63) is 0 Å². The van der Waals surface area contributed by atoms with Gasteiger partial charge < -0.3 is 26.8 Å². The van der Waals surface area contributed by atoms with Gasteiger partial charge in [-0.1, -0.05) is 0 Å². The number of hydrogen-bond donors (Lipinski definition) is 5. The van der Waals surface area contributed by atoms with E-state index in [-0.39, 0.29) is 5.96 Å². The van der Waals surface area contributed by atoms with Crippen LogP contribution in [-0.4, -0.2) is 43.6 Å². The first-order chi connectivity index (χ1) is 8.38. The van der Waals surface area contributed by atoms with Crippen LogP contribution in [0.15, 0.2) is 0 Å². The van der Waals surface area contributed by atoms with E-state index in [0.717, 1.165) is 0 Å². The molecule has 0 radical (unpaired) electrons. The molecule has 0 fully saturated rings. The number of amides is 1. The number of carbonyl (C=O) groups excluding carboxylic acids is 2. The highest BCUT2D eigenvalue weighted by molar-refractivity contribution is 5.87. The number of nitrogens with two attached hydrogens (primary N) is 2. The Morgan fingerprint density at radius 1 is 1.44 bits per heavy atom. The molecule has 0 aliphatic rings. The van der Waals surface area contributed by atoms with Gasteiger partial charge in [0.25, 0.3) is 0 Å². The summed E-state index contributed by atoms with van der Waals surface area (Å²) in [5, 5.41) is 12.1. The van der Waals surface area contributed by atoms with Crippen molar-refractivity contribution in [3.8, 4) is 0 Å². The van der Waals surface area contributed by atoms with E-state index in [9.17, 15) is 9.59 Å². The maximum Gasteiger partial charge on any atom is 0.328 e. The van der Waals surface area contributed by atoms with Crippen LogP contribution in [-0.2, 0) is 14.3 Å². The van der Waals surface area contributed by atoms with E-state index in [4.69, 9.17) is 16.9 Å². The second kappa shape index (κ2) is 8.29. The predicted octanol–water partition coefficient (Wildman–Crippen LogP) is -1.75. The maximum atomic E-state index is 11.4. The first-order valence-electron chi connectivity index (χ1n) is 5.60. The summed E-state index contributed by atoms with van der Waals surface area (Å²) in [7, 11) is 1.25. The first-order valence-corrected chi connectivity index (χ1v) is 5.60. The normalized spacial score (nSPS) is 13.3. The van der Waals surface area contributed by atoms with Gasteiger partial charge in [0.15, 0.2) is 5.96 Å². The van der Waals surface area contributed by atoms with Crippen LogP contribution in [0.25, 0.3) is 0 Å². The molecule has 0 aromatic carbocycles. The molecule has 0 spiro atoms. The molecular weight excluding hydrogens is 238 g/mol. The second-order valence-corrected chi connectivity index (χ2v) is 3.86. The third-order valence-corrected chi connectivity index (χ3v) is 2.20. The largest absolute Gasteiger partial charge is 0.467 e. The number of methoxy groups -OCH3 is 1. The standard InChI is InChI=1S/C10H21N5O3/c1-6(11)8(16)15-7(9(17)18-2)4-3-5-14-10(12)13/h6-7H,3-5,11H2,1-2H3,(H,15,16)(H4,12,13,14)/t6-,7-/m0/s1. The van der Waals surface area contributed by atoms with Gasteiger partial charge in [-0.3, -0.25) is 10.2 Å². The van der Waals surface area contributed by atoms with E-state index < -0.39 is 24.0 Å². The minimum Gasteiger partial charge on any atom is -0.467 e. The molecule has 0 heterocycles. The smallest absolute Gasteiger partial charge is 0.328 e. The van der Waals surface area contributed by atoms with Crippen molar-refractivity contribution in [2.45, 2.75) is 31.8 Å². The van der Waals surface area contributed by atoms with E-state index >= 15 is 0 Å². The highest BCUT2D eigenvalue weighted by atomic mass is 16.5. The van der Waals surface area contributed by atoms with Gasteiger partial charge in [0.1, 0.15) is 6.04 Å². The van der Waals surface area contributed by atoms with E-state index in [1.54, 1.807) is 0 Å². The van der Waals surface area contributed by atoms with Crippen LogP contribution in [0.3, 0.4) is 0 Å². The van der Waals surface area contributed by atoms with Crippen molar-refractivity contribution in [1.29, 1.82) is 5.41 Å². The minimum absolute atomic E-state index is 0.135. The molecule has 0 unspecified atom stereocenters. The van der Waals surface area contributed by atoms with E-state index in [0.29, 0.717) is 19.4 Å². The van der Waals surface area contributed by atoms with Gasteiger partial charge in [0.2, 0.25) is 5.91 Å². The maximum absolute atomic E-state index is 11.4. The van der Waals surface area contributed by atoms with Crippen LogP contribution < -0.4 is 22.1 Å². The fourth-order valence-electron chi connectivity index (χ4n) is 1.22. The Morgan fingerprint density at radius 2 is 2.06 bits per heavy atom. The summed E-state index contributed by atoms with van der Waals surface area (Å²) in [6.45, 7) is 1.97. The Labute approximate surface area is 106 Å². The molecule has 18 heavy (non-hydrogen) atoms. The van der Waals surface area contributed by atoms with Crippen molar-refractivity contribution in [2.24, 2.45) is 11.5 Å². The topological polar surface area (TPSA) is 143 Å². The molecule has 7 N–H and O–H groups in total. The molecule has 0 aliphatic carbocycles. The summed E-state index contributed by atoms with van der Waals surface area (Å²) >= 11 is 0. The monoisotopic (exact) mass is 259 g/mol. The predicted molar refractivity (Wildman–Crippen MR) is 66.7 cm³/mol. The van der Waals surface area contributed by atoms with Gasteiger partial charge in [-0.2, -0.15) is 0 Å². The van der Waals surface area contributed by atoms with Crippen molar-refractivity contribution in [2.75, 3.05) is 13.7 Å². The number of esters is 1. The SMILES string of the molecule is COC(=O)[C@H](CCCNC(=N)N)NC(=O)[C@H](C)N. The number of hydrogen-bond acceptors (Lipinski definition) is 5. The van der Waals surface area contributed by atoms with Crippen molar-refractivity contribution >= 4 is 17.8 Å². The number of carbonyl (C=O) groups is 2. The Morgan fingerprint density at radius 3 is 2.50 bits per heavy atom. The van der Waals surface area contributed by atoms with Crippen LogP contribution in [0.2, 0.25) is 0 Å². The van der Waals surface area contributed by atoms with Gasteiger partial charge in [0, 0.05) is 6.54 Å². The van der Waals surface area contributed by atoms with Gasteiger partial charge >= 0.3 is 5.97 Å². The minimum atomic E-state index is -0.734. The van der Waals surface area contributed by atoms with E-state index in [2.05, 4.69) is 15.4 Å². The molecule has 8 heteroatoms. The summed E-state index contributed by atoms with van der Waals surface area (Å²) < 4.78 is 4.59. The van der Waals surface area contributed by atoms with E-state index in [1.807, 2.05) is 0 Å². The molecule has 1 amide bonds. The second-order valence-electron chi connectivity index (χ2n) is 3.86. The molecule has 104 valence electrons. The molecule has 2 atom stereocenters. The highest BCUT2D eigenvalue weighted by Gasteiger charge is 2.22. The van der Waals surface area contributed by atoms with Crippen molar-refractivity contribution in [1.82, 2.24) is 10.6 Å². The summed E-state index contributed by atoms with van der Waals surface area (Å²) in [6, 6.07) is -1.42. The molecule has 0 aromatic heterocycles. The Bertz CT molecular complexity index is 306. The number of guanidine groups is 1. The molecule has 0 bridgehead atoms. The van der Waals surface area contributed by atoms with Gasteiger partial charge in [-0.15, -0.1) is 0 Å². The van der Waals surface area contributed by atoms with Crippen molar-refractivity contribution in [3.63, 3.8) is 0 Å². The average Bonchev–Trinajstić information content (AvgIpc) is 2.31. The van der Waals surface area contributed by atoms with Crippen LogP contribution >= 0.6 is 0 Å². The summed E-state index contributed by atoms with van der Waals surface area (Å²) in [6.07, 6.45) is 0.935. The summed E-state index contributed by atoms with van der Waals surface area (Å²) in [4.78, 5) is 22.8. The zero-order chi connectivity index (χ0) is 14.1. The van der Waals surface area contributed by atoms with Crippen LogP contribution in [0.5, 0.6) is 0 Å². The van der Waals surface area contributed by atoms with Crippen LogP contribution in [0.4, 0.5) is 0 Å². The average molecular weight is 259 g/mol. The van der Waals surface area contributed by atoms with E-state index in [1.165, 1.54) is 14.0 Å². The lowest BCUT2D eigenvalue weighted by atomic mass is 10.1. The lowest BCUT2D eigenvalue weighted by Crippen LogP contribution is -2.48. The summed E-state index contributed by atoms with van der Waals surface area (Å²) in [5.41, 5.74) is 10.5. The first kappa shape index (κ1) is 16.2. The molecule has 0 aromatic rings. The fraction of sp³-hybridized carbons (Fsp3) is 0.700. The van der Waals surface area contributed by atoms with Crippen LogP contribution in [0.1, 0.15) is 19.8 Å². The molecule has 0 aliphatic heterocycles. The number of nitrogens with one attached hydrogen (secondary N) is 3. The van der Waals surface area contributed by atoms with Crippen molar-refractivity contribution < 1.29 is 14.3 Å². The quantitative estimate of drug-likeness (QED) is 0.159. The summed E-state index contributed by atoms with van der Waals surface area (Å²) in [5.74, 6) is -1.07. The number of ether oxygens (including phenoxy) is 1. The third kappa shape index (κ3) is 6.69. The fourth-order valence-corrected chi connectivity index (χ4v) is 1.22. The van der Waals surface area contributed by atoms with Gasteiger partial charge in [-0.05, 0) is 19.8 Å². The Hall–Kier alpha value is -1.83. The van der Waals surface area contributed by atoms with Gasteiger partial charge in [-0.25, -0.2) is 4.79 Å². The lowest BCUT2D eigenvalue weighted by molar-refractivity contribution is -0.145. The molecular formula is C10H21N5O3. The molecule has 0 saturated carbocycles. The molecule has 0 rings (SSSR count). The zero-order valence-corrected chi connectivity index (χ0v) is 10.7. The van der Waals surface area contributed by atoms with Gasteiger partial charge in [0.05, 0.1) is 13.2 Å². The third-order valence-electron chi connectivity index (χ3n) is 2.20. The zero-order valence-electron chi connectivity index (χ0n) is 10.7. The molecule has 8 nitrogen and oxygen atoms in total.